The van der Waals surface area contributed by atoms with Crippen LogP contribution in [0.15, 0.2) is 60.2 Å². The summed E-state index contributed by atoms with van der Waals surface area (Å²) in [4.78, 5) is 0. The van der Waals surface area contributed by atoms with Gasteiger partial charge < -0.3 is 5.53 Å². The van der Waals surface area contributed by atoms with Gasteiger partial charge in [-0.1, -0.05) is 70.7 Å². The molecule has 0 aliphatic carbocycles. The van der Waals surface area contributed by atoms with Crippen molar-refractivity contribution >= 4 is 11.4 Å². The Bertz CT molecular complexity index is 931. The molecule has 0 atom stereocenters. The molecule has 1 heterocycles. The fourth-order valence-corrected chi connectivity index (χ4v) is 4.30. The third-order valence-electron chi connectivity index (χ3n) is 6.19. The van der Waals surface area contributed by atoms with Crippen molar-refractivity contribution in [2.45, 2.75) is 85.0 Å². The van der Waals surface area contributed by atoms with Gasteiger partial charge in [-0.05, 0) is 73.9 Å². The highest BCUT2D eigenvalue weighted by atomic mass is 15.2. The average molecular weight is 415 g/mol. The number of aryl methyl sites for hydroxylation is 2. The molecule has 2 nitrogen and oxygen atoms in total. The lowest BCUT2D eigenvalue weighted by Crippen LogP contribution is -2.03. The van der Waals surface area contributed by atoms with E-state index in [1.807, 2.05) is 0 Å². The van der Waals surface area contributed by atoms with Crippen molar-refractivity contribution in [3.8, 4) is 0 Å². The molecule has 0 saturated carbocycles. The van der Waals surface area contributed by atoms with E-state index in [4.69, 9.17) is 0 Å². The summed E-state index contributed by atoms with van der Waals surface area (Å²) in [6.45, 7) is 6.69. The zero-order chi connectivity index (χ0) is 22.1. The third-order valence-corrected chi connectivity index (χ3v) is 6.19. The molecular formula is C29H38N2. The van der Waals surface area contributed by atoms with Crippen molar-refractivity contribution < 1.29 is 4.70 Å². The molecule has 2 aromatic carbocycles. The van der Waals surface area contributed by atoms with E-state index in [1.54, 1.807) is 0 Å². The van der Waals surface area contributed by atoms with E-state index in [1.165, 1.54) is 59.9 Å². The summed E-state index contributed by atoms with van der Waals surface area (Å²) in [5, 5.41) is 0. The maximum absolute atomic E-state index is 11.3. The van der Waals surface area contributed by atoms with Gasteiger partial charge in [0.15, 0.2) is 0 Å². The van der Waals surface area contributed by atoms with Crippen LogP contribution in [0.25, 0.3) is 16.9 Å². The van der Waals surface area contributed by atoms with Crippen LogP contribution in [0.5, 0.6) is 0 Å². The number of allylic oxidation sites excluding steroid dienone is 2. The van der Waals surface area contributed by atoms with E-state index >= 15 is 0 Å². The highest BCUT2D eigenvalue weighted by Crippen LogP contribution is 2.37. The minimum absolute atomic E-state index is 0.898. The monoisotopic (exact) mass is 414 g/mol. The number of hydrogen-bond donors (Lipinski definition) is 0. The third kappa shape index (κ3) is 6.03. The van der Waals surface area contributed by atoms with Crippen molar-refractivity contribution in [2.24, 2.45) is 0 Å². The molecule has 0 spiro atoms. The Hall–Kier alpha value is -2.48. The molecule has 1 aliphatic rings. The molecule has 0 aromatic heterocycles. The molecule has 0 saturated heterocycles. The molecule has 164 valence electrons. The standard InChI is InChI=1S/C29H38N2/c1-4-7-10-15-27-22-28(26-16-11-14-24(21-26)13-9-6-3)31(30)29(27)25-19-17-23(18-20-25)12-8-5-2/h11,14,16-22H,4-10,12-13,15H2,1-3H3. The lowest BCUT2D eigenvalue weighted by molar-refractivity contribution is -0.344. The first-order valence-electron chi connectivity index (χ1n) is 12.3. The van der Waals surface area contributed by atoms with E-state index in [9.17, 15) is 5.53 Å². The summed E-state index contributed by atoms with van der Waals surface area (Å²) in [6.07, 6.45) is 13.8. The van der Waals surface area contributed by atoms with Crippen LogP contribution >= 0.6 is 0 Å². The Labute approximate surface area is 189 Å². The number of rotatable bonds is 12. The topological polar surface area (TPSA) is 25.3 Å². The smallest absolute Gasteiger partial charge is 0.210 e. The van der Waals surface area contributed by atoms with Gasteiger partial charge in [-0.2, -0.15) is 0 Å². The Kier molecular flexibility index (Phi) is 8.82. The van der Waals surface area contributed by atoms with Gasteiger partial charge in [0, 0.05) is 22.8 Å². The summed E-state index contributed by atoms with van der Waals surface area (Å²) >= 11 is 0. The van der Waals surface area contributed by atoms with Crippen LogP contribution in [0.1, 0.15) is 94.4 Å². The van der Waals surface area contributed by atoms with Crippen LogP contribution in [-0.2, 0) is 12.8 Å². The first-order chi connectivity index (χ1) is 15.2. The molecule has 2 aromatic rings. The van der Waals surface area contributed by atoms with Crippen molar-refractivity contribution in [3.63, 3.8) is 0 Å². The van der Waals surface area contributed by atoms with Crippen molar-refractivity contribution in [1.82, 2.24) is 0 Å². The fourth-order valence-electron chi connectivity index (χ4n) is 4.30. The highest BCUT2D eigenvalue weighted by Gasteiger charge is 2.28. The molecule has 3 rings (SSSR count). The van der Waals surface area contributed by atoms with Gasteiger partial charge in [0.2, 0.25) is 11.4 Å². The number of benzene rings is 2. The molecule has 0 bridgehead atoms. The summed E-state index contributed by atoms with van der Waals surface area (Å²) in [5.41, 5.74) is 19.3. The molecule has 0 unspecified atom stereocenters. The SMILES string of the molecule is CCCCCC1=C(c2ccc(CCCC)cc2)[N+](=[N-])C(c2cccc(CCCC)c2)=C1. The second-order valence-electron chi connectivity index (χ2n) is 8.78. The Balaban J connectivity index is 1.89. The van der Waals surface area contributed by atoms with Crippen molar-refractivity contribution in [2.75, 3.05) is 0 Å². The lowest BCUT2D eigenvalue weighted by atomic mass is 10.00. The van der Waals surface area contributed by atoms with E-state index in [-0.39, 0.29) is 0 Å². The van der Waals surface area contributed by atoms with Crippen LogP contribution in [0.2, 0.25) is 0 Å². The van der Waals surface area contributed by atoms with E-state index in [0.717, 1.165) is 48.2 Å². The van der Waals surface area contributed by atoms with Gasteiger partial charge >= 0.3 is 0 Å². The molecular weight excluding hydrogens is 376 g/mol. The Morgan fingerprint density at radius 2 is 1.35 bits per heavy atom. The van der Waals surface area contributed by atoms with Crippen LogP contribution in [0.3, 0.4) is 0 Å². The van der Waals surface area contributed by atoms with Gasteiger partial charge in [0.25, 0.3) is 0 Å². The largest absolute Gasteiger partial charge is 0.493 e. The zero-order valence-electron chi connectivity index (χ0n) is 19.7. The van der Waals surface area contributed by atoms with E-state index in [2.05, 4.69) is 75.4 Å². The van der Waals surface area contributed by atoms with Crippen molar-refractivity contribution in [1.29, 1.82) is 0 Å². The van der Waals surface area contributed by atoms with Crippen LogP contribution in [0.4, 0.5) is 0 Å². The molecule has 0 N–H and O–H groups in total. The predicted octanol–water partition coefficient (Wildman–Crippen LogP) is 8.75. The van der Waals surface area contributed by atoms with Gasteiger partial charge in [-0.3, -0.25) is 0 Å². The number of nitrogens with zero attached hydrogens (tertiary/aromatic N) is 2. The fraction of sp³-hybridized carbons (Fsp3) is 0.448. The maximum atomic E-state index is 11.3. The number of hydrogen-bond acceptors (Lipinski definition) is 0. The summed E-state index contributed by atoms with van der Waals surface area (Å²) in [6, 6.07) is 17.5. The molecule has 0 fully saturated rings. The normalized spacial score (nSPS) is 13.8. The lowest BCUT2D eigenvalue weighted by Gasteiger charge is -2.11. The van der Waals surface area contributed by atoms with Crippen LogP contribution in [-0.4, -0.2) is 4.70 Å². The molecule has 0 radical (unpaired) electrons. The van der Waals surface area contributed by atoms with Crippen LogP contribution < -0.4 is 0 Å². The summed E-state index contributed by atoms with van der Waals surface area (Å²) < 4.78 is 1.43. The van der Waals surface area contributed by atoms with Gasteiger partial charge in [0.05, 0.1) is 0 Å². The van der Waals surface area contributed by atoms with E-state index in [0.29, 0.717) is 0 Å². The summed E-state index contributed by atoms with van der Waals surface area (Å²) in [5.74, 6) is 0. The Morgan fingerprint density at radius 3 is 2.03 bits per heavy atom. The maximum Gasteiger partial charge on any atom is 0.210 e. The minimum atomic E-state index is 0.898. The van der Waals surface area contributed by atoms with E-state index < -0.39 is 0 Å². The van der Waals surface area contributed by atoms with Crippen LogP contribution in [0, 0.1) is 0 Å². The number of unbranched alkanes of at least 4 members (excludes halogenated alkanes) is 4. The Morgan fingerprint density at radius 1 is 0.677 bits per heavy atom. The molecule has 31 heavy (non-hydrogen) atoms. The van der Waals surface area contributed by atoms with Crippen molar-refractivity contribution in [3.05, 3.63) is 88.0 Å². The van der Waals surface area contributed by atoms with Gasteiger partial charge in [-0.25, -0.2) is 4.70 Å². The predicted molar refractivity (Wildman–Crippen MR) is 133 cm³/mol. The summed E-state index contributed by atoms with van der Waals surface area (Å²) in [7, 11) is 0. The molecule has 1 aliphatic heterocycles. The highest BCUT2D eigenvalue weighted by molar-refractivity contribution is 5.78. The minimum Gasteiger partial charge on any atom is -0.493 e. The second-order valence-corrected chi connectivity index (χ2v) is 8.78. The average Bonchev–Trinajstić information content (AvgIpc) is 3.13. The molecule has 2 heteroatoms. The first kappa shape index (κ1) is 23.2. The quantitative estimate of drug-likeness (QED) is 0.245. The second kappa shape index (κ2) is 11.8. The van der Waals surface area contributed by atoms with Gasteiger partial charge in [0.1, 0.15) is 0 Å². The zero-order valence-corrected chi connectivity index (χ0v) is 19.7. The first-order valence-corrected chi connectivity index (χ1v) is 12.3. The molecule has 0 amide bonds. The van der Waals surface area contributed by atoms with Gasteiger partial charge in [-0.15, -0.1) is 0 Å².